The lowest BCUT2D eigenvalue weighted by Crippen LogP contribution is -2.33. The number of rotatable bonds is 3. The summed E-state index contributed by atoms with van der Waals surface area (Å²) in [6.07, 6.45) is 1.84. The van der Waals surface area contributed by atoms with Crippen LogP contribution in [0.3, 0.4) is 0 Å². The topological polar surface area (TPSA) is 21.6 Å². The molecule has 108 valence electrons. The lowest BCUT2D eigenvalue weighted by Gasteiger charge is -2.36. The highest BCUT2D eigenvalue weighted by Crippen LogP contribution is 2.43. The Labute approximate surface area is 130 Å². The molecule has 0 aromatic heterocycles. The second-order valence-electron chi connectivity index (χ2n) is 5.42. The molecule has 0 radical (unpaired) electrons. The number of ether oxygens (including phenoxy) is 1. The SMILES string of the molecule is CCCC1=Nc2ccc(Cl)cc2[C@](C)(c2ccccc2)O1. The summed E-state index contributed by atoms with van der Waals surface area (Å²) in [6.45, 7) is 4.21. The maximum absolute atomic E-state index is 6.27. The smallest absolute Gasteiger partial charge is 0.189 e. The monoisotopic (exact) mass is 299 g/mol. The first-order valence-corrected chi connectivity index (χ1v) is 7.63. The molecule has 1 aliphatic rings. The molecule has 1 atom stereocenters. The van der Waals surface area contributed by atoms with Gasteiger partial charge in [0.2, 0.25) is 0 Å². The zero-order chi connectivity index (χ0) is 14.9. The van der Waals surface area contributed by atoms with E-state index in [4.69, 9.17) is 16.3 Å². The van der Waals surface area contributed by atoms with Crippen LogP contribution >= 0.6 is 11.6 Å². The van der Waals surface area contributed by atoms with Crippen molar-refractivity contribution in [3.63, 3.8) is 0 Å². The zero-order valence-corrected chi connectivity index (χ0v) is 13.0. The van der Waals surface area contributed by atoms with Crippen LogP contribution in [-0.4, -0.2) is 5.90 Å². The van der Waals surface area contributed by atoms with Gasteiger partial charge in [-0.05, 0) is 37.1 Å². The van der Waals surface area contributed by atoms with Crippen LogP contribution in [0.1, 0.15) is 37.8 Å². The van der Waals surface area contributed by atoms with E-state index in [-0.39, 0.29) is 0 Å². The van der Waals surface area contributed by atoms with E-state index in [0.717, 1.165) is 35.6 Å². The molecular weight excluding hydrogens is 282 g/mol. The van der Waals surface area contributed by atoms with Crippen molar-refractivity contribution in [3.8, 4) is 0 Å². The number of fused-ring (bicyclic) bond motifs is 1. The highest BCUT2D eigenvalue weighted by molar-refractivity contribution is 6.30. The summed E-state index contributed by atoms with van der Waals surface area (Å²) in [5, 5.41) is 0.702. The van der Waals surface area contributed by atoms with Crippen molar-refractivity contribution in [1.29, 1.82) is 0 Å². The van der Waals surface area contributed by atoms with Crippen LogP contribution in [-0.2, 0) is 10.3 Å². The molecule has 0 N–H and O–H groups in total. The molecule has 1 aliphatic heterocycles. The first kappa shape index (κ1) is 14.2. The largest absolute Gasteiger partial charge is 0.465 e. The lowest BCUT2D eigenvalue weighted by molar-refractivity contribution is 0.109. The Morgan fingerprint density at radius 1 is 1.14 bits per heavy atom. The van der Waals surface area contributed by atoms with E-state index in [1.54, 1.807) is 0 Å². The van der Waals surface area contributed by atoms with Gasteiger partial charge in [0.1, 0.15) is 0 Å². The second-order valence-corrected chi connectivity index (χ2v) is 5.85. The fraction of sp³-hybridized carbons (Fsp3) is 0.278. The van der Waals surface area contributed by atoms with Gasteiger partial charge in [-0.25, -0.2) is 4.99 Å². The molecule has 3 rings (SSSR count). The third kappa shape index (κ3) is 2.56. The van der Waals surface area contributed by atoms with Crippen LogP contribution in [0.15, 0.2) is 53.5 Å². The molecule has 2 nitrogen and oxygen atoms in total. The van der Waals surface area contributed by atoms with E-state index in [9.17, 15) is 0 Å². The highest BCUT2D eigenvalue weighted by atomic mass is 35.5. The maximum Gasteiger partial charge on any atom is 0.189 e. The third-order valence-corrected chi connectivity index (χ3v) is 4.06. The third-order valence-electron chi connectivity index (χ3n) is 3.83. The zero-order valence-electron chi connectivity index (χ0n) is 12.3. The quantitative estimate of drug-likeness (QED) is 0.737. The molecule has 0 spiro atoms. The van der Waals surface area contributed by atoms with Crippen molar-refractivity contribution in [3.05, 3.63) is 64.7 Å². The van der Waals surface area contributed by atoms with Gasteiger partial charge in [0.15, 0.2) is 11.5 Å². The summed E-state index contributed by atoms with van der Waals surface area (Å²) in [5.41, 5.74) is 2.52. The first-order valence-electron chi connectivity index (χ1n) is 7.25. The fourth-order valence-electron chi connectivity index (χ4n) is 2.73. The van der Waals surface area contributed by atoms with Gasteiger partial charge in [-0.15, -0.1) is 0 Å². The fourth-order valence-corrected chi connectivity index (χ4v) is 2.90. The van der Waals surface area contributed by atoms with Crippen molar-refractivity contribution >= 4 is 23.2 Å². The Morgan fingerprint density at radius 3 is 2.62 bits per heavy atom. The molecule has 1 heterocycles. The molecule has 3 heteroatoms. The minimum atomic E-state index is -0.548. The van der Waals surface area contributed by atoms with Gasteiger partial charge in [-0.2, -0.15) is 0 Å². The van der Waals surface area contributed by atoms with Crippen LogP contribution in [0.2, 0.25) is 5.02 Å². The molecule has 0 saturated heterocycles. The highest BCUT2D eigenvalue weighted by Gasteiger charge is 2.37. The van der Waals surface area contributed by atoms with E-state index in [1.807, 2.05) is 36.4 Å². The minimum absolute atomic E-state index is 0.548. The van der Waals surface area contributed by atoms with E-state index in [0.29, 0.717) is 5.02 Å². The molecule has 2 aromatic rings. The molecule has 0 aliphatic carbocycles. The lowest BCUT2D eigenvalue weighted by atomic mass is 9.86. The second kappa shape index (κ2) is 5.53. The molecule has 0 unspecified atom stereocenters. The number of hydrogen-bond acceptors (Lipinski definition) is 2. The summed E-state index contributed by atoms with van der Waals surface area (Å²) >= 11 is 6.18. The van der Waals surface area contributed by atoms with Gasteiger partial charge in [-0.1, -0.05) is 48.9 Å². The van der Waals surface area contributed by atoms with Gasteiger partial charge in [0, 0.05) is 17.0 Å². The van der Waals surface area contributed by atoms with Crippen molar-refractivity contribution < 1.29 is 4.74 Å². The summed E-state index contributed by atoms with van der Waals surface area (Å²) in [4.78, 5) is 4.63. The predicted octanol–water partition coefficient (Wildman–Crippen LogP) is 5.46. The normalized spacial score (nSPS) is 20.4. The van der Waals surface area contributed by atoms with Crippen LogP contribution in [0, 0.1) is 0 Å². The molecule has 2 aromatic carbocycles. The minimum Gasteiger partial charge on any atom is -0.465 e. The molecule has 0 amide bonds. The molecule has 0 saturated carbocycles. The van der Waals surface area contributed by atoms with Crippen LogP contribution in [0.4, 0.5) is 5.69 Å². The summed E-state index contributed by atoms with van der Waals surface area (Å²) in [6, 6.07) is 16.0. The van der Waals surface area contributed by atoms with Crippen molar-refractivity contribution in [2.24, 2.45) is 4.99 Å². The van der Waals surface area contributed by atoms with E-state index in [2.05, 4.69) is 31.0 Å². The standard InChI is InChI=1S/C18H18ClNO/c1-3-7-17-20-16-11-10-14(19)12-15(16)18(2,21-17)13-8-5-4-6-9-13/h4-6,8-12H,3,7H2,1-2H3/t18-/m0/s1. The van der Waals surface area contributed by atoms with Crippen LogP contribution in [0.25, 0.3) is 0 Å². The van der Waals surface area contributed by atoms with E-state index < -0.39 is 5.60 Å². The summed E-state index contributed by atoms with van der Waals surface area (Å²) in [5.74, 6) is 0.790. The molecule has 0 bridgehead atoms. The Morgan fingerprint density at radius 2 is 1.90 bits per heavy atom. The number of benzene rings is 2. The van der Waals surface area contributed by atoms with Crippen molar-refractivity contribution in [2.75, 3.05) is 0 Å². The molecular formula is C18H18ClNO. The molecule has 0 fully saturated rings. The van der Waals surface area contributed by atoms with Crippen molar-refractivity contribution in [2.45, 2.75) is 32.3 Å². The van der Waals surface area contributed by atoms with E-state index >= 15 is 0 Å². The summed E-state index contributed by atoms with van der Waals surface area (Å²) in [7, 11) is 0. The summed E-state index contributed by atoms with van der Waals surface area (Å²) < 4.78 is 6.27. The van der Waals surface area contributed by atoms with E-state index in [1.165, 1.54) is 0 Å². The molecule has 21 heavy (non-hydrogen) atoms. The predicted molar refractivity (Wildman–Crippen MR) is 87.4 cm³/mol. The maximum atomic E-state index is 6.27. The van der Waals surface area contributed by atoms with Crippen LogP contribution < -0.4 is 0 Å². The van der Waals surface area contributed by atoms with Gasteiger partial charge in [0.05, 0.1) is 5.69 Å². The van der Waals surface area contributed by atoms with Gasteiger partial charge < -0.3 is 4.74 Å². The number of halogens is 1. The number of hydrogen-bond donors (Lipinski definition) is 0. The first-order chi connectivity index (χ1) is 10.1. The number of nitrogens with zero attached hydrogens (tertiary/aromatic N) is 1. The Hall–Kier alpha value is -1.80. The Balaban J connectivity index is 2.18. The van der Waals surface area contributed by atoms with Crippen molar-refractivity contribution in [1.82, 2.24) is 0 Å². The van der Waals surface area contributed by atoms with Gasteiger partial charge in [-0.3, -0.25) is 0 Å². The van der Waals surface area contributed by atoms with Gasteiger partial charge in [0.25, 0.3) is 0 Å². The average molecular weight is 300 g/mol. The Bertz CT molecular complexity index is 681. The number of aliphatic imine (C=N–C) groups is 1. The Kier molecular flexibility index (Phi) is 3.73. The van der Waals surface area contributed by atoms with Gasteiger partial charge >= 0.3 is 0 Å². The van der Waals surface area contributed by atoms with Crippen LogP contribution in [0.5, 0.6) is 0 Å². The average Bonchev–Trinajstić information content (AvgIpc) is 2.49.